The lowest BCUT2D eigenvalue weighted by Crippen LogP contribution is -2.32. The van der Waals surface area contributed by atoms with Crippen molar-refractivity contribution < 1.29 is 23.5 Å². The lowest BCUT2D eigenvalue weighted by Gasteiger charge is -2.20. The number of methoxy groups -OCH3 is 1. The van der Waals surface area contributed by atoms with Gasteiger partial charge in [-0.2, -0.15) is 0 Å². The van der Waals surface area contributed by atoms with E-state index in [0.717, 1.165) is 16.9 Å². The van der Waals surface area contributed by atoms with Crippen LogP contribution in [0.25, 0.3) is 6.08 Å². The maximum Gasteiger partial charge on any atom is 0.331 e. The van der Waals surface area contributed by atoms with Crippen LogP contribution in [0, 0.1) is 0 Å². The van der Waals surface area contributed by atoms with Gasteiger partial charge in [-0.1, -0.05) is 42.5 Å². The SMILES string of the molecule is COc1ccc([C@H](NC(=O)COC(=O)/C=C/c2ccco2)c2ccccc2)cc1. The van der Waals surface area contributed by atoms with Gasteiger partial charge in [0.25, 0.3) is 5.91 Å². The van der Waals surface area contributed by atoms with Gasteiger partial charge in [0.05, 0.1) is 19.4 Å². The number of carbonyl (C=O) groups is 2. The van der Waals surface area contributed by atoms with Crippen LogP contribution in [0.4, 0.5) is 0 Å². The number of carbonyl (C=O) groups excluding carboxylic acids is 2. The first-order valence-electron chi connectivity index (χ1n) is 9.02. The molecule has 0 unspecified atom stereocenters. The second-order valence-electron chi connectivity index (χ2n) is 6.14. The van der Waals surface area contributed by atoms with Crippen LogP contribution < -0.4 is 10.1 Å². The molecular weight excluding hydrogens is 370 g/mol. The molecular formula is C23H21NO5. The van der Waals surface area contributed by atoms with E-state index in [9.17, 15) is 9.59 Å². The maximum absolute atomic E-state index is 12.4. The maximum atomic E-state index is 12.4. The zero-order valence-electron chi connectivity index (χ0n) is 15.9. The summed E-state index contributed by atoms with van der Waals surface area (Å²) >= 11 is 0. The summed E-state index contributed by atoms with van der Waals surface area (Å²) < 4.78 is 15.3. The van der Waals surface area contributed by atoms with Crippen molar-refractivity contribution in [2.45, 2.75) is 6.04 Å². The van der Waals surface area contributed by atoms with E-state index in [2.05, 4.69) is 5.32 Å². The Bertz CT molecular complexity index is 947. The highest BCUT2D eigenvalue weighted by atomic mass is 16.5. The van der Waals surface area contributed by atoms with Crippen LogP contribution in [0.5, 0.6) is 5.75 Å². The molecule has 0 fully saturated rings. The quantitative estimate of drug-likeness (QED) is 0.467. The van der Waals surface area contributed by atoms with E-state index in [1.807, 2.05) is 54.6 Å². The van der Waals surface area contributed by atoms with Crippen LogP contribution in [0.15, 0.2) is 83.5 Å². The number of ether oxygens (including phenoxy) is 2. The van der Waals surface area contributed by atoms with Crippen LogP contribution >= 0.6 is 0 Å². The molecule has 148 valence electrons. The number of furan rings is 1. The largest absolute Gasteiger partial charge is 0.497 e. The number of benzene rings is 2. The summed E-state index contributed by atoms with van der Waals surface area (Å²) in [5.41, 5.74) is 1.80. The minimum Gasteiger partial charge on any atom is -0.497 e. The van der Waals surface area contributed by atoms with E-state index in [1.54, 1.807) is 19.2 Å². The second kappa shape index (κ2) is 9.94. The molecule has 3 aromatic rings. The summed E-state index contributed by atoms with van der Waals surface area (Å²) in [6.45, 7) is -0.388. The molecule has 0 aliphatic carbocycles. The third kappa shape index (κ3) is 5.84. The van der Waals surface area contributed by atoms with Gasteiger partial charge >= 0.3 is 5.97 Å². The molecule has 0 bridgehead atoms. The number of amides is 1. The number of esters is 1. The summed E-state index contributed by atoms with van der Waals surface area (Å²) in [5, 5.41) is 2.91. The van der Waals surface area contributed by atoms with Crippen molar-refractivity contribution in [3.8, 4) is 5.75 Å². The summed E-state index contributed by atoms with van der Waals surface area (Å²) in [4.78, 5) is 24.2. The molecule has 0 aliphatic heterocycles. The Hall–Kier alpha value is -3.80. The normalized spacial score (nSPS) is 11.8. The standard InChI is InChI=1S/C23H21NO5/c1-27-19-11-9-18(10-12-19)23(17-6-3-2-4-7-17)24-21(25)16-29-22(26)14-13-20-8-5-15-28-20/h2-15,23H,16H2,1H3,(H,24,25)/b14-13+/t23-/m1/s1. The fourth-order valence-corrected chi connectivity index (χ4v) is 2.72. The van der Waals surface area contributed by atoms with Gasteiger partial charge < -0.3 is 19.2 Å². The third-order valence-electron chi connectivity index (χ3n) is 4.16. The molecule has 1 amide bonds. The van der Waals surface area contributed by atoms with E-state index in [0.29, 0.717) is 5.76 Å². The van der Waals surface area contributed by atoms with Gasteiger partial charge in [0.15, 0.2) is 6.61 Å². The third-order valence-corrected chi connectivity index (χ3v) is 4.16. The van der Waals surface area contributed by atoms with Crippen LogP contribution in [0.1, 0.15) is 22.9 Å². The topological polar surface area (TPSA) is 77.8 Å². The van der Waals surface area contributed by atoms with Gasteiger partial charge in [0.1, 0.15) is 11.5 Å². The molecule has 0 saturated heterocycles. The number of nitrogens with one attached hydrogen (secondary N) is 1. The van der Waals surface area contributed by atoms with Crippen LogP contribution in [0.3, 0.4) is 0 Å². The monoisotopic (exact) mass is 391 g/mol. The fourth-order valence-electron chi connectivity index (χ4n) is 2.72. The van der Waals surface area contributed by atoms with Gasteiger partial charge in [-0.05, 0) is 41.5 Å². The molecule has 0 radical (unpaired) electrons. The van der Waals surface area contributed by atoms with E-state index >= 15 is 0 Å². The molecule has 0 aliphatic rings. The highest BCUT2D eigenvalue weighted by Gasteiger charge is 2.17. The lowest BCUT2D eigenvalue weighted by atomic mass is 9.98. The first kappa shape index (κ1) is 19.9. The average Bonchev–Trinajstić information content (AvgIpc) is 3.29. The first-order valence-corrected chi connectivity index (χ1v) is 9.02. The summed E-state index contributed by atoms with van der Waals surface area (Å²) in [7, 11) is 1.60. The Morgan fingerprint density at radius 3 is 2.38 bits per heavy atom. The Labute approximate surface area is 168 Å². The smallest absolute Gasteiger partial charge is 0.331 e. The Morgan fingerprint density at radius 2 is 1.72 bits per heavy atom. The van der Waals surface area contributed by atoms with E-state index in [4.69, 9.17) is 13.9 Å². The molecule has 2 aromatic carbocycles. The zero-order chi connectivity index (χ0) is 20.5. The molecule has 0 saturated carbocycles. The minimum absolute atomic E-state index is 0.382. The Balaban J connectivity index is 1.64. The second-order valence-corrected chi connectivity index (χ2v) is 6.14. The number of hydrogen-bond donors (Lipinski definition) is 1. The number of hydrogen-bond acceptors (Lipinski definition) is 5. The van der Waals surface area contributed by atoms with Crippen molar-refractivity contribution in [2.24, 2.45) is 0 Å². The fraction of sp³-hybridized carbons (Fsp3) is 0.130. The molecule has 1 aromatic heterocycles. The molecule has 1 heterocycles. The van der Waals surface area contributed by atoms with Crippen molar-refractivity contribution in [2.75, 3.05) is 13.7 Å². The first-order chi connectivity index (χ1) is 14.2. The highest BCUT2D eigenvalue weighted by molar-refractivity contribution is 5.89. The van der Waals surface area contributed by atoms with Crippen molar-refractivity contribution >= 4 is 18.0 Å². The molecule has 0 spiro atoms. The van der Waals surface area contributed by atoms with Crippen LogP contribution in [-0.2, 0) is 14.3 Å². The van der Waals surface area contributed by atoms with Crippen molar-refractivity contribution in [1.82, 2.24) is 5.32 Å². The Morgan fingerprint density at radius 1 is 1.00 bits per heavy atom. The predicted molar refractivity (Wildman–Crippen MR) is 108 cm³/mol. The molecule has 6 heteroatoms. The molecule has 1 atom stereocenters. The minimum atomic E-state index is -0.628. The molecule has 3 rings (SSSR count). The van der Waals surface area contributed by atoms with Gasteiger partial charge in [-0.3, -0.25) is 4.79 Å². The Kier molecular flexibility index (Phi) is 6.84. The van der Waals surface area contributed by atoms with Crippen LogP contribution in [0.2, 0.25) is 0 Å². The summed E-state index contributed by atoms with van der Waals surface area (Å²) in [6, 6.07) is 20.0. The van der Waals surface area contributed by atoms with E-state index < -0.39 is 11.9 Å². The van der Waals surface area contributed by atoms with E-state index in [1.165, 1.54) is 18.4 Å². The molecule has 6 nitrogen and oxygen atoms in total. The molecule has 29 heavy (non-hydrogen) atoms. The van der Waals surface area contributed by atoms with Gasteiger partial charge in [0.2, 0.25) is 0 Å². The summed E-state index contributed by atoms with van der Waals surface area (Å²) in [6.07, 6.45) is 4.19. The summed E-state index contributed by atoms with van der Waals surface area (Å²) in [5.74, 6) is 0.214. The van der Waals surface area contributed by atoms with Gasteiger partial charge in [-0.25, -0.2) is 4.79 Å². The number of rotatable bonds is 8. The van der Waals surface area contributed by atoms with Gasteiger partial charge in [0, 0.05) is 6.08 Å². The van der Waals surface area contributed by atoms with Crippen molar-refractivity contribution in [3.05, 3.63) is 96.0 Å². The van der Waals surface area contributed by atoms with Crippen molar-refractivity contribution in [1.29, 1.82) is 0 Å². The van der Waals surface area contributed by atoms with E-state index in [-0.39, 0.29) is 12.6 Å². The van der Waals surface area contributed by atoms with Crippen LogP contribution in [-0.4, -0.2) is 25.6 Å². The highest BCUT2D eigenvalue weighted by Crippen LogP contribution is 2.24. The van der Waals surface area contributed by atoms with Crippen molar-refractivity contribution in [3.63, 3.8) is 0 Å². The zero-order valence-corrected chi connectivity index (χ0v) is 15.9. The predicted octanol–water partition coefficient (Wildman–Crippen LogP) is 3.75. The molecule has 1 N–H and O–H groups in total. The average molecular weight is 391 g/mol. The van der Waals surface area contributed by atoms with Gasteiger partial charge in [-0.15, -0.1) is 0 Å². The lowest BCUT2D eigenvalue weighted by molar-refractivity contribution is -0.143.